The number of aldehydes is 1. The maximum absolute atomic E-state index is 10.9. The molecule has 0 saturated heterocycles. The smallest absolute Gasteiger partial charge is 0.123 e. The fraction of sp³-hybridized carbons (Fsp3) is 0.909. The Kier molecular flexibility index (Phi) is 2.60. The largest absolute Gasteiger partial charge is 0.303 e. The van der Waals surface area contributed by atoms with Crippen molar-refractivity contribution < 1.29 is 4.79 Å². The second-order valence-electron chi connectivity index (χ2n) is 4.94. The van der Waals surface area contributed by atoms with Crippen LogP contribution in [0.3, 0.4) is 0 Å². The monoisotopic (exact) mass is 168 g/mol. The SMILES string of the molecule is C[C@@H]1CC[C@@H](C)C(C)(C)[C@H]1C=O. The fourth-order valence-corrected chi connectivity index (χ4v) is 2.44. The Bertz CT molecular complexity index is 172. The molecular formula is C11H20O. The van der Waals surface area contributed by atoms with Gasteiger partial charge in [-0.1, -0.05) is 27.7 Å². The number of hydrogen-bond donors (Lipinski definition) is 0. The van der Waals surface area contributed by atoms with Gasteiger partial charge >= 0.3 is 0 Å². The zero-order valence-corrected chi connectivity index (χ0v) is 8.63. The zero-order valence-electron chi connectivity index (χ0n) is 8.63. The molecule has 0 N–H and O–H groups in total. The number of carbonyl (C=O) groups excluding carboxylic acids is 1. The van der Waals surface area contributed by atoms with Crippen LogP contribution in [0.1, 0.15) is 40.5 Å². The summed E-state index contributed by atoms with van der Waals surface area (Å²) in [6.07, 6.45) is 3.66. The standard InChI is InChI=1S/C11H20O/c1-8-5-6-9(2)11(3,4)10(8)7-12/h7-10H,5-6H2,1-4H3/t8-,9-,10+/m1/s1. The lowest BCUT2D eigenvalue weighted by molar-refractivity contribution is -0.120. The van der Waals surface area contributed by atoms with E-state index in [0.29, 0.717) is 11.8 Å². The molecule has 0 spiro atoms. The third-order valence-electron chi connectivity index (χ3n) is 3.94. The van der Waals surface area contributed by atoms with Crippen LogP contribution in [0.4, 0.5) is 0 Å². The molecule has 0 heterocycles. The van der Waals surface area contributed by atoms with E-state index in [4.69, 9.17) is 0 Å². The van der Waals surface area contributed by atoms with Gasteiger partial charge in [0.2, 0.25) is 0 Å². The van der Waals surface area contributed by atoms with Crippen LogP contribution >= 0.6 is 0 Å². The third-order valence-corrected chi connectivity index (χ3v) is 3.94. The van der Waals surface area contributed by atoms with Crippen molar-refractivity contribution in [3.05, 3.63) is 0 Å². The van der Waals surface area contributed by atoms with E-state index in [1.807, 2.05) is 0 Å². The van der Waals surface area contributed by atoms with Gasteiger partial charge in [-0.05, 0) is 30.1 Å². The highest BCUT2D eigenvalue weighted by Gasteiger charge is 2.41. The number of carbonyl (C=O) groups is 1. The molecule has 1 aliphatic carbocycles. The number of rotatable bonds is 1. The van der Waals surface area contributed by atoms with Gasteiger partial charge in [-0.3, -0.25) is 0 Å². The Balaban J connectivity index is 2.83. The highest BCUT2D eigenvalue weighted by Crippen LogP contribution is 2.46. The molecule has 0 aromatic carbocycles. The molecule has 0 aromatic rings. The average molecular weight is 168 g/mol. The summed E-state index contributed by atoms with van der Waals surface area (Å²) in [6, 6.07) is 0. The van der Waals surface area contributed by atoms with E-state index in [0.717, 1.165) is 0 Å². The second kappa shape index (κ2) is 3.20. The molecule has 0 unspecified atom stereocenters. The molecule has 1 fully saturated rings. The Morgan fingerprint density at radius 3 is 2.25 bits per heavy atom. The van der Waals surface area contributed by atoms with Gasteiger partial charge < -0.3 is 4.79 Å². The minimum absolute atomic E-state index is 0.208. The molecule has 70 valence electrons. The summed E-state index contributed by atoms with van der Waals surface area (Å²) in [5, 5.41) is 0. The van der Waals surface area contributed by atoms with Crippen LogP contribution in [0.25, 0.3) is 0 Å². The molecule has 1 nitrogen and oxygen atoms in total. The van der Waals surface area contributed by atoms with Gasteiger partial charge in [0.15, 0.2) is 0 Å². The fourth-order valence-electron chi connectivity index (χ4n) is 2.44. The lowest BCUT2D eigenvalue weighted by Crippen LogP contribution is -2.40. The van der Waals surface area contributed by atoms with Crippen molar-refractivity contribution in [3.63, 3.8) is 0 Å². The van der Waals surface area contributed by atoms with Gasteiger partial charge in [-0.25, -0.2) is 0 Å². The maximum atomic E-state index is 10.9. The summed E-state index contributed by atoms with van der Waals surface area (Å²) in [7, 11) is 0. The van der Waals surface area contributed by atoms with Crippen LogP contribution in [0, 0.1) is 23.2 Å². The van der Waals surface area contributed by atoms with Crippen molar-refractivity contribution in [2.45, 2.75) is 40.5 Å². The minimum atomic E-state index is 0.208. The lowest BCUT2D eigenvalue weighted by atomic mass is 9.60. The zero-order chi connectivity index (χ0) is 9.35. The van der Waals surface area contributed by atoms with Gasteiger partial charge in [-0.2, -0.15) is 0 Å². The molecular weight excluding hydrogens is 148 g/mol. The van der Waals surface area contributed by atoms with Crippen LogP contribution in [-0.2, 0) is 4.79 Å². The van der Waals surface area contributed by atoms with Crippen molar-refractivity contribution in [3.8, 4) is 0 Å². The second-order valence-corrected chi connectivity index (χ2v) is 4.94. The summed E-state index contributed by atoms with van der Waals surface area (Å²) >= 11 is 0. The molecule has 0 aromatic heterocycles. The maximum Gasteiger partial charge on any atom is 0.123 e. The van der Waals surface area contributed by atoms with Gasteiger partial charge in [0.25, 0.3) is 0 Å². The topological polar surface area (TPSA) is 17.1 Å². The van der Waals surface area contributed by atoms with Gasteiger partial charge in [0.1, 0.15) is 6.29 Å². The third kappa shape index (κ3) is 1.41. The summed E-state index contributed by atoms with van der Waals surface area (Å²) in [6.45, 7) is 8.92. The Morgan fingerprint density at radius 1 is 1.25 bits per heavy atom. The molecule has 1 aliphatic rings. The van der Waals surface area contributed by atoms with E-state index in [9.17, 15) is 4.79 Å². The first-order chi connectivity index (χ1) is 5.50. The van der Waals surface area contributed by atoms with E-state index >= 15 is 0 Å². The normalized spacial score (nSPS) is 40.8. The molecule has 0 aliphatic heterocycles. The molecule has 0 bridgehead atoms. The molecule has 12 heavy (non-hydrogen) atoms. The Hall–Kier alpha value is -0.330. The average Bonchev–Trinajstić information content (AvgIpc) is 1.98. The molecule has 3 atom stereocenters. The highest BCUT2D eigenvalue weighted by molar-refractivity contribution is 5.55. The van der Waals surface area contributed by atoms with Gasteiger partial charge in [0.05, 0.1) is 0 Å². The Labute approximate surface area is 75.5 Å². The van der Waals surface area contributed by atoms with Crippen LogP contribution in [0.2, 0.25) is 0 Å². The quantitative estimate of drug-likeness (QED) is 0.550. The van der Waals surface area contributed by atoms with Gasteiger partial charge in [-0.15, -0.1) is 0 Å². The molecule has 0 amide bonds. The van der Waals surface area contributed by atoms with E-state index in [-0.39, 0.29) is 11.3 Å². The lowest BCUT2D eigenvalue weighted by Gasteiger charge is -2.44. The van der Waals surface area contributed by atoms with Gasteiger partial charge in [0, 0.05) is 5.92 Å². The highest BCUT2D eigenvalue weighted by atomic mass is 16.1. The summed E-state index contributed by atoms with van der Waals surface area (Å²) in [4.78, 5) is 10.9. The minimum Gasteiger partial charge on any atom is -0.303 e. The van der Waals surface area contributed by atoms with Crippen LogP contribution in [0.5, 0.6) is 0 Å². The van der Waals surface area contributed by atoms with Crippen molar-refractivity contribution in [2.24, 2.45) is 23.2 Å². The van der Waals surface area contributed by atoms with Crippen molar-refractivity contribution >= 4 is 6.29 Å². The molecule has 0 radical (unpaired) electrons. The first kappa shape index (κ1) is 9.76. The first-order valence-electron chi connectivity index (χ1n) is 4.95. The Morgan fingerprint density at radius 2 is 1.83 bits per heavy atom. The molecule has 1 heteroatoms. The van der Waals surface area contributed by atoms with E-state index in [2.05, 4.69) is 27.7 Å². The van der Waals surface area contributed by atoms with E-state index in [1.54, 1.807) is 0 Å². The van der Waals surface area contributed by atoms with Crippen LogP contribution in [0.15, 0.2) is 0 Å². The van der Waals surface area contributed by atoms with E-state index in [1.165, 1.54) is 19.1 Å². The summed E-state index contributed by atoms with van der Waals surface area (Å²) in [5.74, 6) is 1.53. The predicted molar refractivity (Wildman–Crippen MR) is 50.9 cm³/mol. The van der Waals surface area contributed by atoms with Crippen LogP contribution in [-0.4, -0.2) is 6.29 Å². The molecule has 1 saturated carbocycles. The molecule has 1 rings (SSSR count). The van der Waals surface area contributed by atoms with E-state index < -0.39 is 0 Å². The van der Waals surface area contributed by atoms with Crippen molar-refractivity contribution in [1.82, 2.24) is 0 Å². The predicted octanol–water partition coefficient (Wildman–Crippen LogP) is 2.89. The van der Waals surface area contributed by atoms with Crippen LogP contribution < -0.4 is 0 Å². The van der Waals surface area contributed by atoms with Crippen molar-refractivity contribution in [2.75, 3.05) is 0 Å². The number of hydrogen-bond acceptors (Lipinski definition) is 1. The first-order valence-corrected chi connectivity index (χ1v) is 4.95. The summed E-state index contributed by atoms with van der Waals surface area (Å²) < 4.78 is 0. The van der Waals surface area contributed by atoms with Crippen molar-refractivity contribution in [1.29, 1.82) is 0 Å². The summed E-state index contributed by atoms with van der Waals surface area (Å²) in [5.41, 5.74) is 0.208.